The first-order chi connectivity index (χ1) is 29.6. The number of fused-ring (bicyclic) bond motifs is 6. The number of esters is 2. The summed E-state index contributed by atoms with van der Waals surface area (Å²) in [6.07, 6.45) is -2.98. The van der Waals surface area contributed by atoms with Crippen molar-refractivity contribution in [2.24, 2.45) is 17.8 Å². The first-order valence-corrected chi connectivity index (χ1v) is 23.0. The van der Waals surface area contributed by atoms with Gasteiger partial charge in [0.1, 0.15) is 29.5 Å². The molecule has 3 saturated heterocycles. The highest BCUT2D eigenvalue weighted by molar-refractivity contribution is 5.89. The van der Waals surface area contributed by atoms with E-state index in [1.165, 1.54) is 0 Å². The Hall–Kier alpha value is -2.54. The van der Waals surface area contributed by atoms with Gasteiger partial charge in [-0.1, -0.05) is 51.1 Å². The molecular formula is C48H78N2O13. The van der Waals surface area contributed by atoms with Gasteiger partial charge in [-0.2, -0.15) is 0 Å². The van der Waals surface area contributed by atoms with Crippen LogP contribution in [0.3, 0.4) is 0 Å². The third kappa shape index (κ3) is 12.1. The van der Waals surface area contributed by atoms with E-state index in [1.54, 1.807) is 52.1 Å². The molecular weight excluding hydrogens is 813 g/mol. The number of rotatable bonds is 9. The van der Waals surface area contributed by atoms with E-state index in [-0.39, 0.29) is 43.7 Å². The van der Waals surface area contributed by atoms with E-state index in [4.69, 9.17) is 42.6 Å². The molecule has 1 aromatic carbocycles. The molecule has 0 spiro atoms. The average Bonchev–Trinajstić information content (AvgIpc) is 3.24. The minimum Gasteiger partial charge on any atom is -0.459 e. The largest absolute Gasteiger partial charge is 0.459 e. The van der Waals surface area contributed by atoms with Crippen LogP contribution in [-0.2, 0) is 47.4 Å². The maximum Gasteiger partial charge on any atom is 0.338 e. The molecule has 0 aliphatic carbocycles. The lowest BCUT2D eigenvalue weighted by molar-refractivity contribution is -0.320. The average molecular weight is 891 g/mol. The highest BCUT2D eigenvalue weighted by atomic mass is 16.7. The van der Waals surface area contributed by atoms with Crippen LogP contribution in [0, 0.1) is 17.8 Å². The summed E-state index contributed by atoms with van der Waals surface area (Å²) in [5, 5.41) is 27.8. The van der Waals surface area contributed by atoms with E-state index in [0.29, 0.717) is 31.4 Å². The van der Waals surface area contributed by atoms with Gasteiger partial charge in [0.25, 0.3) is 0 Å². The van der Waals surface area contributed by atoms with Crippen molar-refractivity contribution in [2.75, 3.05) is 41.0 Å². The van der Waals surface area contributed by atoms with Gasteiger partial charge >= 0.3 is 11.9 Å². The summed E-state index contributed by atoms with van der Waals surface area (Å²) in [6.45, 7) is 19.9. The van der Waals surface area contributed by atoms with Gasteiger partial charge in [-0.05, 0) is 106 Å². The molecule has 358 valence electrons. The number of nitrogens with one attached hydrogen (secondary N) is 1. The normalized spacial score (nSPS) is 44.2. The lowest BCUT2D eigenvalue weighted by Gasteiger charge is -2.50. The predicted molar refractivity (Wildman–Crippen MR) is 236 cm³/mol. The molecule has 15 nitrogen and oxygen atoms in total. The fraction of sp³-hybridized carbons (Fsp3) is 0.792. The Kier molecular flexibility index (Phi) is 17.8. The number of carbonyl (C=O) groups is 2. The number of aliphatic hydroxyl groups excluding tert-OH is 1. The predicted octanol–water partition coefficient (Wildman–Crippen LogP) is 5.04. The number of benzene rings is 1. The van der Waals surface area contributed by atoms with Gasteiger partial charge < -0.3 is 63.1 Å². The van der Waals surface area contributed by atoms with Gasteiger partial charge in [0.2, 0.25) is 0 Å². The molecule has 4 heterocycles. The van der Waals surface area contributed by atoms with Crippen molar-refractivity contribution >= 4 is 11.9 Å². The molecule has 1 aromatic rings. The van der Waals surface area contributed by atoms with Crippen molar-refractivity contribution in [3.8, 4) is 0 Å². The smallest absolute Gasteiger partial charge is 0.338 e. The molecule has 0 amide bonds. The monoisotopic (exact) mass is 891 g/mol. The topological polar surface area (TPSA) is 173 Å². The molecule has 3 N–H and O–H groups in total. The fourth-order valence-corrected chi connectivity index (χ4v) is 10.3. The van der Waals surface area contributed by atoms with Crippen molar-refractivity contribution in [3.05, 3.63) is 48.0 Å². The molecule has 15 heteroatoms. The van der Waals surface area contributed by atoms with Gasteiger partial charge in [0.15, 0.2) is 18.7 Å². The van der Waals surface area contributed by atoms with Crippen molar-refractivity contribution < 1.29 is 62.4 Å². The van der Waals surface area contributed by atoms with Crippen molar-refractivity contribution in [1.82, 2.24) is 10.2 Å². The van der Waals surface area contributed by atoms with Gasteiger partial charge in [0, 0.05) is 31.5 Å². The van der Waals surface area contributed by atoms with Gasteiger partial charge in [-0.3, -0.25) is 4.79 Å². The molecule has 0 radical (unpaired) electrons. The standard InChI is InChI=1S/C48H78N2O13/c1-14-36-48(10,54)41-32(6)49-27-28(2)25-47(9,57-23-19-18-22-56-41)40(63-45-38(51)35(50(11)12)24-29(3)58-45)30(4)39(31(5)43(52)60-36)61-37-26-46(8,55-13)42(33(7)59-37)62-44(53)34-20-16-15-17-21-34/h15-21,28-33,35-42,45,49,51,54H,14,22-27H2,1-13H3/b19-18-/t28-,29-,30+,31?,32-,33+,35+,36-,37+,38-,39?,40-,41-,42+,45+,46-,47-,48-/m1/s1. The molecule has 4 aliphatic rings. The quantitative estimate of drug-likeness (QED) is 0.222. The van der Waals surface area contributed by atoms with Crippen LogP contribution >= 0.6 is 0 Å². The SMILES string of the molecule is CC[C@H]1OC(=O)C(C)C(O[C@H]2C[C@@](C)(OC)[C@@H](OC(=O)c3ccccc3)[C@H](C)O2)[C@H](C)[C@@H](O[C@@H]2O[C@H](C)C[C@H](N(C)C)[C@H]2O)[C@@]2(C)C[C@@H](C)CN[C@H](C)[C@@H](OC/C=C\CO2)[C@]1(C)O. The van der Waals surface area contributed by atoms with E-state index in [0.717, 1.165) is 0 Å². The Morgan fingerprint density at radius 1 is 0.952 bits per heavy atom. The van der Waals surface area contributed by atoms with Crippen molar-refractivity contribution in [3.63, 3.8) is 0 Å². The summed E-state index contributed by atoms with van der Waals surface area (Å²) < 4.78 is 59.0. The number of likely N-dealkylation sites (N-methyl/N-ethyl adjacent to an activating group) is 1. The van der Waals surface area contributed by atoms with Crippen LogP contribution < -0.4 is 5.32 Å². The molecule has 2 unspecified atom stereocenters. The second kappa shape index (κ2) is 21.8. The third-order valence-electron chi connectivity index (χ3n) is 13.9. The van der Waals surface area contributed by atoms with Crippen LogP contribution in [0.25, 0.3) is 0 Å². The molecule has 63 heavy (non-hydrogen) atoms. The molecule has 0 aromatic heterocycles. The lowest BCUT2D eigenvalue weighted by Crippen LogP contribution is -2.61. The summed E-state index contributed by atoms with van der Waals surface area (Å²) in [4.78, 5) is 30.0. The maximum atomic E-state index is 14.7. The van der Waals surface area contributed by atoms with Gasteiger partial charge in [0.05, 0.1) is 54.7 Å². The van der Waals surface area contributed by atoms with E-state index < -0.39 is 95.9 Å². The molecule has 0 saturated carbocycles. The number of hydrogen-bond acceptors (Lipinski definition) is 15. The van der Waals surface area contributed by atoms with Gasteiger partial charge in [-0.15, -0.1) is 0 Å². The zero-order valence-electron chi connectivity index (χ0n) is 40.0. The van der Waals surface area contributed by atoms with Gasteiger partial charge in [-0.25, -0.2) is 4.79 Å². The first-order valence-electron chi connectivity index (χ1n) is 23.0. The Labute approximate surface area is 375 Å². The zero-order valence-corrected chi connectivity index (χ0v) is 40.0. The summed E-state index contributed by atoms with van der Waals surface area (Å²) in [5.74, 6) is -2.72. The van der Waals surface area contributed by atoms with Crippen LogP contribution in [0.4, 0.5) is 0 Å². The number of ether oxygens (including phenoxy) is 9. The molecule has 4 aliphatic heterocycles. The summed E-state index contributed by atoms with van der Waals surface area (Å²) >= 11 is 0. The van der Waals surface area contributed by atoms with Crippen LogP contribution in [0.1, 0.15) is 105 Å². The molecule has 5 rings (SSSR count). The molecule has 18 atom stereocenters. The minimum atomic E-state index is -1.60. The summed E-state index contributed by atoms with van der Waals surface area (Å²) in [6, 6.07) is 8.15. The maximum absolute atomic E-state index is 14.7. The highest BCUT2D eigenvalue weighted by Gasteiger charge is 2.54. The Morgan fingerprint density at radius 2 is 1.63 bits per heavy atom. The number of hydrogen-bond donors (Lipinski definition) is 3. The highest BCUT2D eigenvalue weighted by Crippen LogP contribution is 2.42. The molecule has 3 fully saturated rings. The van der Waals surface area contributed by atoms with Crippen molar-refractivity contribution in [1.29, 1.82) is 0 Å². The van der Waals surface area contributed by atoms with Crippen LogP contribution in [0.5, 0.6) is 0 Å². The number of cyclic esters (lactones) is 1. The summed E-state index contributed by atoms with van der Waals surface area (Å²) in [5.41, 5.74) is -3.32. The van der Waals surface area contributed by atoms with Crippen molar-refractivity contribution in [2.45, 2.75) is 185 Å². The minimum absolute atomic E-state index is 0.000955. The Morgan fingerprint density at radius 3 is 2.29 bits per heavy atom. The number of nitrogens with zero attached hydrogens (tertiary/aromatic N) is 1. The number of aliphatic hydroxyl groups is 2. The number of methoxy groups -OCH3 is 1. The first kappa shape index (κ1) is 51.4. The number of carbonyl (C=O) groups excluding carboxylic acids is 2. The molecule has 2 bridgehead atoms. The second-order valence-electron chi connectivity index (χ2n) is 19.5. The van der Waals surface area contributed by atoms with Crippen LogP contribution in [0.2, 0.25) is 0 Å². The second-order valence-corrected chi connectivity index (χ2v) is 19.5. The Balaban J connectivity index is 1.61. The van der Waals surface area contributed by atoms with E-state index in [1.807, 2.05) is 78.8 Å². The fourth-order valence-electron chi connectivity index (χ4n) is 10.3. The third-order valence-corrected chi connectivity index (χ3v) is 13.9. The van der Waals surface area contributed by atoms with E-state index in [2.05, 4.69) is 12.2 Å². The van der Waals surface area contributed by atoms with Crippen LogP contribution in [0.15, 0.2) is 42.5 Å². The summed E-state index contributed by atoms with van der Waals surface area (Å²) in [7, 11) is 5.41. The lowest BCUT2D eigenvalue weighted by atomic mass is 9.77. The zero-order chi connectivity index (χ0) is 46.4. The van der Waals surface area contributed by atoms with E-state index >= 15 is 0 Å². The Bertz CT molecular complexity index is 1650. The van der Waals surface area contributed by atoms with E-state index in [9.17, 15) is 19.8 Å². The van der Waals surface area contributed by atoms with Crippen LogP contribution in [-0.4, -0.2) is 158 Å².